The summed E-state index contributed by atoms with van der Waals surface area (Å²) in [6.45, 7) is 7.61. The van der Waals surface area contributed by atoms with Crippen LogP contribution in [0.4, 0.5) is 4.39 Å². The smallest absolute Gasteiger partial charge is 0.264 e. The molecule has 0 unspecified atom stereocenters. The minimum atomic E-state index is -0.338. The van der Waals surface area contributed by atoms with Crippen LogP contribution in [-0.2, 0) is 13.1 Å². The van der Waals surface area contributed by atoms with Gasteiger partial charge in [-0.05, 0) is 50.6 Å². The zero-order valence-corrected chi connectivity index (χ0v) is 21.6. The average Bonchev–Trinajstić information content (AvgIpc) is 3.32. The number of carbonyl (C=O) groups excluding carboxylic acids is 1. The highest BCUT2D eigenvalue weighted by Crippen LogP contribution is 2.39. The number of hydrogen-bond acceptors (Lipinski definition) is 7. The molecule has 200 valence electrons. The van der Waals surface area contributed by atoms with Crippen LogP contribution in [-0.4, -0.2) is 51.6 Å². The van der Waals surface area contributed by atoms with Crippen molar-refractivity contribution in [2.45, 2.75) is 33.9 Å². The first-order valence-electron chi connectivity index (χ1n) is 12.4. The highest BCUT2D eigenvalue weighted by atomic mass is 19.1. The third kappa shape index (κ3) is 5.93. The quantitative estimate of drug-likeness (QED) is 0.303. The number of aromatic nitrogens is 4. The van der Waals surface area contributed by atoms with Gasteiger partial charge in [0.05, 0.1) is 39.1 Å². The largest absolute Gasteiger partial charge is 0.490 e. The van der Waals surface area contributed by atoms with Gasteiger partial charge in [0.25, 0.3) is 11.5 Å². The zero-order chi connectivity index (χ0) is 27.1. The van der Waals surface area contributed by atoms with Crippen LogP contribution in [0.25, 0.3) is 11.0 Å². The number of carbonyl (C=O) groups is 1. The molecule has 11 heteroatoms. The molecule has 1 N–H and O–H groups in total. The van der Waals surface area contributed by atoms with Crippen molar-refractivity contribution in [3.63, 3.8) is 0 Å². The van der Waals surface area contributed by atoms with Gasteiger partial charge in [0.15, 0.2) is 17.1 Å². The van der Waals surface area contributed by atoms with E-state index in [2.05, 4.69) is 15.4 Å². The van der Waals surface area contributed by atoms with Crippen molar-refractivity contribution in [3.8, 4) is 17.2 Å². The van der Waals surface area contributed by atoms with Gasteiger partial charge in [-0.15, -0.1) is 0 Å². The minimum Gasteiger partial charge on any atom is -0.490 e. The summed E-state index contributed by atoms with van der Waals surface area (Å²) in [7, 11) is 0. The number of halogens is 1. The Kier molecular flexibility index (Phi) is 8.57. The fraction of sp³-hybridized carbons (Fsp3) is 0.333. The molecule has 0 saturated carbocycles. The molecule has 1 amide bonds. The summed E-state index contributed by atoms with van der Waals surface area (Å²) in [5.74, 6) is 0.678. The van der Waals surface area contributed by atoms with E-state index in [0.29, 0.717) is 60.2 Å². The first kappa shape index (κ1) is 26.6. The van der Waals surface area contributed by atoms with Crippen molar-refractivity contribution in [2.75, 3.05) is 26.4 Å². The van der Waals surface area contributed by atoms with E-state index in [1.54, 1.807) is 28.9 Å². The maximum Gasteiger partial charge on any atom is 0.264 e. The van der Waals surface area contributed by atoms with E-state index in [0.717, 1.165) is 5.56 Å². The predicted molar refractivity (Wildman–Crippen MR) is 140 cm³/mol. The number of amides is 1. The fourth-order valence-electron chi connectivity index (χ4n) is 3.96. The van der Waals surface area contributed by atoms with Crippen LogP contribution in [0, 0.1) is 5.82 Å². The van der Waals surface area contributed by atoms with Gasteiger partial charge < -0.3 is 19.5 Å². The van der Waals surface area contributed by atoms with Crippen LogP contribution in [0.3, 0.4) is 0 Å². The van der Waals surface area contributed by atoms with E-state index in [9.17, 15) is 14.0 Å². The number of benzene rings is 2. The van der Waals surface area contributed by atoms with Gasteiger partial charge in [-0.1, -0.05) is 12.1 Å². The van der Waals surface area contributed by atoms with Crippen molar-refractivity contribution >= 4 is 16.9 Å². The Bertz CT molecular complexity index is 1440. The third-order valence-electron chi connectivity index (χ3n) is 5.67. The lowest BCUT2D eigenvalue weighted by Gasteiger charge is -2.17. The van der Waals surface area contributed by atoms with E-state index in [4.69, 9.17) is 14.2 Å². The van der Waals surface area contributed by atoms with Crippen LogP contribution in [0.2, 0.25) is 0 Å². The van der Waals surface area contributed by atoms with Gasteiger partial charge in [0, 0.05) is 12.1 Å². The molecule has 2 aromatic carbocycles. The van der Waals surface area contributed by atoms with E-state index >= 15 is 0 Å². The van der Waals surface area contributed by atoms with Gasteiger partial charge in [-0.2, -0.15) is 5.10 Å². The van der Waals surface area contributed by atoms with Crippen molar-refractivity contribution in [1.82, 2.24) is 24.6 Å². The van der Waals surface area contributed by atoms with E-state index in [1.165, 1.54) is 29.2 Å². The molecule has 0 radical (unpaired) electrons. The molecular formula is C27H30FN5O5. The van der Waals surface area contributed by atoms with Crippen LogP contribution in [0.5, 0.6) is 17.2 Å². The van der Waals surface area contributed by atoms with Gasteiger partial charge in [-0.3, -0.25) is 14.2 Å². The lowest BCUT2D eigenvalue weighted by Crippen LogP contribution is -2.28. The first-order chi connectivity index (χ1) is 18.4. The highest BCUT2D eigenvalue weighted by molar-refractivity contribution is 5.95. The highest BCUT2D eigenvalue weighted by Gasteiger charge is 2.18. The minimum absolute atomic E-state index is 0.247. The van der Waals surface area contributed by atoms with Gasteiger partial charge in [0.2, 0.25) is 5.75 Å². The van der Waals surface area contributed by atoms with Crippen molar-refractivity contribution < 1.29 is 23.4 Å². The zero-order valence-electron chi connectivity index (χ0n) is 21.6. The molecule has 10 nitrogen and oxygen atoms in total. The summed E-state index contributed by atoms with van der Waals surface area (Å²) in [4.78, 5) is 30.2. The molecular weight excluding hydrogens is 493 g/mol. The number of nitrogens with one attached hydrogen (secondary N) is 1. The molecule has 0 fully saturated rings. The molecule has 0 saturated heterocycles. The molecule has 0 aliphatic rings. The van der Waals surface area contributed by atoms with E-state index in [1.807, 2.05) is 20.8 Å². The number of ether oxygens (including phenoxy) is 3. The summed E-state index contributed by atoms with van der Waals surface area (Å²) < 4.78 is 33.2. The van der Waals surface area contributed by atoms with E-state index in [-0.39, 0.29) is 30.4 Å². The molecule has 0 aliphatic heterocycles. The topological polar surface area (TPSA) is 110 Å². The fourth-order valence-corrected chi connectivity index (χ4v) is 3.96. The molecule has 0 aliphatic carbocycles. The van der Waals surface area contributed by atoms with Crippen molar-refractivity contribution in [3.05, 3.63) is 76.2 Å². The molecule has 0 spiro atoms. The van der Waals surface area contributed by atoms with Crippen molar-refractivity contribution in [2.24, 2.45) is 0 Å². The second kappa shape index (κ2) is 12.2. The SMILES string of the molecule is CCOc1cc(C(=O)NCCn2ncc3c(=O)n(Cc4ccc(F)cc4)cnc32)cc(OCC)c1OCC. The Balaban J connectivity index is 1.46. The standard InChI is InChI=1S/C27H30FN5O5/c1-4-36-22-13-19(14-23(37-5-2)24(22)38-6-3)26(34)29-11-12-33-25-21(15-31-33)27(35)32(17-30-25)16-18-7-9-20(28)10-8-18/h7-10,13-15,17H,4-6,11-12,16H2,1-3H3,(H,29,34). The monoisotopic (exact) mass is 523 g/mol. The Hall–Kier alpha value is -4.41. The van der Waals surface area contributed by atoms with Crippen LogP contribution < -0.4 is 25.1 Å². The predicted octanol–water partition coefficient (Wildman–Crippen LogP) is 3.41. The van der Waals surface area contributed by atoms with Crippen LogP contribution in [0.15, 0.2) is 53.7 Å². The molecule has 0 atom stereocenters. The Morgan fingerprint density at radius 3 is 2.29 bits per heavy atom. The summed E-state index contributed by atoms with van der Waals surface area (Å²) in [6, 6.07) is 9.19. The Morgan fingerprint density at radius 1 is 1.00 bits per heavy atom. The average molecular weight is 524 g/mol. The normalized spacial score (nSPS) is 10.9. The maximum atomic E-state index is 13.2. The third-order valence-corrected chi connectivity index (χ3v) is 5.67. The Morgan fingerprint density at radius 2 is 1.66 bits per heavy atom. The number of rotatable bonds is 12. The Labute approximate surface area is 219 Å². The summed E-state index contributed by atoms with van der Waals surface area (Å²) in [5, 5.41) is 7.50. The molecule has 2 aromatic heterocycles. The first-order valence-corrected chi connectivity index (χ1v) is 12.4. The second-order valence-corrected chi connectivity index (χ2v) is 8.27. The van der Waals surface area contributed by atoms with Gasteiger partial charge in [0.1, 0.15) is 17.5 Å². The molecule has 2 heterocycles. The van der Waals surface area contributed by atoms with Gasteiger partial charge >= 0.3 is 0 Å². The number of fused-ring (bicyclic) bond motifs is 1. The van der Waals surface area contributed by atoms with Crippen LogP contribution >= 0.6 is 0 Å². The lowest BCUT2D eigenvalue weighted by molar-refractivity contribution is 0.0951. The molecule has 38 heavy (non-hydrogen) atoms. The summed E-state index contributed by atoms with van der Waals surface area (Å²) in [6.07, 6.45) is 2.90. The number of nitrogens with zero attached hydrogens (tertiary/aromatic N) is 4. The van der Waals surface area contributed by atoms with E-state index < -0.39 is 0 Å². The molecule has 0 bridgehead atoms. The second-order valence-electron chi connectivity index (χ2n) is 8.27. The number of hydrogen-bond donors (Lipinski definition) is 1. The van der Waals surface area contributed by atoms with Crippen molar-refractivity contribution in [1.29, 1.82) is 0 Å². The molecule has 4 aromatic rings. The summed E-state index contributed by atoms with van der Waals surface area (Å²) >= 11 is 0. The van der Waals surface area contributed by atoms with Gasteiger partial charge in [-0.25, -0.2) is 14.1 Å². The maximum absolute atomic E-state index is 13.2. The lowest BCUT2D eigenvalue weighted by atomic mass is 10.1. The van der Waals surface area contributed by atoms with Crippen LogP contribution in [0.1, 0.15) is 36.7 Å². The molecule has 4 rings (SSSR count). The summed E-state index contributed by atoms with van der Waals surface area (Å²) in [5.41, 5.74) is 1.31.